The lowest BCUT2D eigenvalue weighted by Gasteiger charge is -2.20. The molecule has 2 amide bonds. The minimum absolute atomic E-state index is 0.114. The van der Waals surface area contributed by atoms with Gasteiger partial charge in [-0.1, -0.05) is 24.3 Å². The van der Waals surface area contributed by atoms with E-state index in [1.165, 1.54) is 0 Å². The van der Waals surface area contributed by atoms with Gasteiger partial charge in [-0.2, -0.15) is 4.98 Å². The van der Waals surface area contributed by atoms with Crippen LogP contribution in [0.5, 0.6) is 11.8 Å². The third-order valence-corrected chi connectivity index (χ3v) is 4.35. The van der Waals surface area contributed by atoms with Crippen LogP contribution in [0.2, 0.25) is 0 Å². The number of hydrogen-bond acceptors (Lipinski definition) is 7. The summed E-state index contributed by atoms with van der Waals surface area (Å²) < 4.78 is 11.2. The summed E-state index contributed by atoms with van der Waals surface area (Å²) in [6.45, 7) is 2.01. The molecule has 0 bridgehead atoms. The maximum Gasteiger partial charge on any atom is 0.350 e. The molecule has 0 aliphatic heterocycles. The van der Waals surface area contributed by atoms with Gasteiger partial charge in [-0.05, 0) is 36.8 Å². The number of nitrogens with zero attached hydrogens (tertiary/aromatic N) is 3. The lowest BCUT2D eigenvalue weighted by atomic mass is 10.1. The number of aromatic nitrogens is 2. The zero-order valence-electron chi connectivity index (χ0n) is 16.1. The Hall–Kier alpha value is -3.69. The Bertz CT molecular complexity index is 1010. The molecule has 0 aliphatic carbocycles. The number of ether oxygens (including phenoxy) is 2. The fourth-order valence-electron chi connectivity index (χ4n) is 2.83. The summed E-state index contributed by atoms with van der Waals surface area (Å²) in [5.41, 5.74) is 5.57. The number of benzene rings is 2. The van der Waals surface area contributed by atoms with Gasteiger partial charge < -0.3 is 9.47 Å². The summed E-state index contributed by atoms with van der Waals surface area (Å²) in [7, 11) is 1.60. The van der Waals surface area contributed by atoms with Crippen molar-refractivity contribution in [1.82, 2.24) is 15.4 Å². The Kier molecular flexibility index (Phi) is 6.22. The minimum atomic E-state index is -0.647. The van der Waals surface area contributed by atoms with Crippen molar-refractivity contribution in [1.29, 1.82) is 0 Å². The predicted octanol–water partition coefficient (Wildman–Crippen LogP) is 2.30. The van der Waals surface area contributed by atoms with Gasteiger partial charge in [0, 0.05) is 17.3 Å². The number of para-hydroxylation sites is 1. The van der Waals surface area contributed by atoms with Crippen LogP contribution in [0.3, 0.4) is 0 Å². The van der Waals surface area contributed by atoms with Crippen LogP contribution in [-0.4, -0.2) is 23.1 Å². The highest BCUT2D eigenvalue weighted by Crippen LogP contribution is 2.29. The second-order valence-corrected chi connectivity index (χ2v) is 6.11. The van der Waals surface area contributed by atoms with Crippen LogP contribution in [0.4, 0.5) is 10.5 Å². The number of carbonyl (C=O) groups excluding carboxylic acids is 1. The molecule has 9 nitrogen and oxygen atoms in total. The maximum atomic E-state index is 11.8. The van der Waals surface area contributed by atoms with E-state index in [9.17, 15) is 4.79 Å². The number of hydrazine groups is 2. The Balaban J connectivity index is 1.85. The highest BCUT2D eigenvalue weighted by molar-refractivity contribution is 5.91. The van der Waals surface area contributed by atoms with Gasteiger partial charge in [-0.25, -0.2) is 26.5 Å². The van der Waals surface area contributed by atoms with Gasteiger partial charge in [0.25, 0.3) is 0 Å². The van der Waals surface area contributed by atoms with Crippen molar-refractivity contribution in [3.05, 3.63) is 65.9 Å². The summed E-state index contributed by atoms with van der Waals surface area (Å²) in [6, 6.07) is 14.2. The molecule has 1 aromatic heterocycles. The van der Waals surface area contributed by atoms with Gasteiger partial charge in [0.1, 0.15) is 12.4 Å². The summed E-state index contributed by atoms with van der Waals surface area (Å²) in [5.74, 6) is 11.7. The van der Waals surface area contributed by atoms with Gasteiger partial charge in [-0.15, -0.1) is 0 Å². The zero-order valence-corrected chi connectivity index (χ0v) is 16.1. The average molecular weight is 394 g/mol. The first kappa shape index (κ1) is 20.1. The average Bonchev–Trinajstić information content (AvgIpc) is 2.77. The van der Waals surface area contributed by atoms with Crippen LogP contribution in [0.15, 0.2) is 54.7 Å². The number of rotatable bonds is 6. The minimum Gasteiger partial charge on any atom is -0.496 e. The largest absolute Gasteiger partial charge is 0.496 e. The van der Waals surface area contributed by atoms with Crippen LogP contribution in [0, 0.1) is 6.92 Å². The molecular formula is C20H22N6O3. The molecule has 3 rings (SSSR count). The topological polar surface area (TPSA) is 129 Å². The third-order valence-electron chi connectivity index (χ3n) is 4.35. The first-order chi connectivity index (χ1) is 14.0. The normalized spacial score (nSPS) is 10.3. The lowest BCUT2D eigenvalue weighted by Crippen LogP contribution is -2.48. The molecule has 3 aromatic rings. The molecule has 0 unspecified atom stereocenters. The van der Waals surface area contributed by atoms with Gasteiger partial charge in [-0.3, -0.25) is 5.43 Å². The fourth-order valence-corrected chi connectivity index (χ4v) is 2.83. The number of hydrogen-bond donors (Lipinski definition) is 3. The van der Waals surface area contributed by atoms with E-state index in [4.69, 9.17) is 21.2 Å². The molecule has 1 heterocycles. The van der Waals surface area contributed by atoms with E-state index in [0.29, 0.717) is 22.7 Å². The van der Waals surface area contributed by atoms with Crippen LogP contribution >= 0.6 is 0 Å². The van der Waals surface area contributed by atoms with Crippen molar-refractivity contribution in [2.45, 2.75) is 13.5 Å². The molecular weight excluding hydrogens is 372 g/mol. The number of carbonyl (C=O) groups is 1. The van der Waals surface area contributed by atoms with E-state index in [2.05, 4.69) is 9.97 Å². The summed E-state index contributed by atoms with van der Waals surface area (Å²) in [6.07, 6.45) is 1.61. The molecule has 0 aliphatic rings. The molecule has 0 saturated heterocycles. The molecule has 2 aromatic carbocycles. The quantitative estimate of drug-likeness (QED) is 0.332. The summed E-state index contributed by atoms with van der Waals surface area (Å²) in [5, 5.41) is 0.928. The second-order valence-electron chi connectivity index (χ2n) is 6.11. The fraction of sp³-hybridized carbons (Fsp3) is 0.150. The van der Waals surface area contributed by atoms with Gasteiger partial charge in [0.05, 0.1) is 18.5 Å². The van der Waals surface area contributed by atoms with Gasteiger partial charge in [0.2, 0.25) is 0 Å². The van der Waals surface area contributed by atoms with Crippen molar-refractivity contribution >= 4 is 11.7 Å². The van der Waals surface area contributed by atoms with Crippen molar-refractivity contribution in [3.63, 3.8) is 0 Å². The van der Waals surface area contributed by atoms with Gasteiger partial charge >= 0.3 is 12.0 Å². The van der Waals surface area contributed by atoms with E-state index in [1.807, 2.05) is 42.7 Å². The van der Waals surface area contributed by atoms with E-state index in [0.717, 1.165) is 16.1 Å². The van der Waals surface area contributed by atoms with E-state index >= 15 is 0 Å². The highest BCUT2D eigenvalue weighted by Gasteiger charge is 2.17. The summed E-state index contributed by atoms with van der Waals surface area (Å²) in [4.78, 5) is 20.4. The number of nitrogens with one attached hydrogen (secondary N) is 1. The number of anilines is 1. The number of aryl methyl sites for hydroxylation is 1. The van der Waals surface area contributed by atoms with Crippen LogP contribution in [0.1, 0.15) is 11.1 Å². The maximum absolute atomic E-state index is 11.8. The van der Waals surface area contributed by atoms with E-state index in [1.54, 1.807) is 31.5 Å². The second kappa shape index (κ2) is 9.00. The van der Waals surface area contributed by atoms with E-state index in [-0.39, 0.29) is 12.6 Å². The Morgan fingerprint density at radius 1 is 1.17 bits per heavy atom. The molecule has 0 spiro atoms. The van der Waals surface area contributed by atoms with E-state index < -0.39 is 6.03 Å². The van der Waals surface area contributed by atoms with Crippen molar-refractivity contribution in [2.75, 3.05) is 12.1 Å². The molecule has 0 fully saturated rings. The smallest absolute Gasteiger partial charge is 0.350 e. The molecule has 9 heteroatoms. The summed E-state index contributed by atoms with van der Waals surface area (Å²) >= 11 is 0. The predicted molar refractivity (Wildman–Crippen MR) is 109 cm³/mol. The first-order valence-corrected chi connectivity index (χ1v) is 8.78. The van der Waals surface area contributed by atoms with Crippen LogP contribution < -0.4 is 31.6 Å². The molecule has 29 heavy (non-hydrogen) atoms. The first-order valence-electron chi connectivity index (χ1n) is 8.78. The Labute approximate surface area is 168 Å². The number of urea groups is 1. The standard InChI is InChI=1S/C20H22N6O3/c1-13-6-5-8-17(26(22)20(27)25-21)15(13)12-29-19-23-11-10-16(24-19)14-7-3-4-9-18(14)28-2/h3-11H,12,21-22H2,1-2H3,(H,25,27). The zero-order chi connectivity index (χ0) is 20.8. The number of methoxy groups -OCH3 is 1. The molecule has 0 saturated carbocycles. The number of amides is 2. The number of nitrogens with two attached hydrogens (primary N) is 2. The molecule has 0 radical (unpaired) electrons. The van der Waals surface area contributed by atoms with Crippen molar-refractivity contribution < 1.29 is 14.3 Å². The molecule has 5 N–H and O–H groups in total. The molecule has 0 atom stereocenters. The van der Waals surface area contributed by atoms with Crippen LogP contribution in [-0.2, 0) is 6.61 Å². The van der Waals surface area contributed by atoms with Crippen LogP contribution in [0.25, 0.3) is 11.3 Å². The lowest BCUT2D eigenvalue weighted by molar-refractivity contribution is 0.246. The highest BCUT2D eigenvalue weighted by atomic mass is 16.5. The SMILES string of the molecule is COc1ccccc1-c1ccnc(OCc2c(C)cccc2N(N)C(=O)NN)n1. The molecule has 150 valence electrons. The van der Waals surface area contributed by atoms with Crippen molar-refractivity contribution in [3.8, 4) is 23.0 Å². The Morgan fingerprint density at radius 3 is 2.72 bits per heavy atom. The van der Waals surface area contributed by atoms with Crippen molar-refractivity contribution in [2.24, 2.45) is 11.7 Å². The monoisotopic (exact) mass is 394 g/mol. The van der Waals surface area contributed by atoms with Gasteiger partial charge in [0.15, 0.2) is 0 Å². The Morgan fingerprint density at radius 2 is 1.97 bits per heavy atom. The third kappa shape index (κ3) is 4.42.